The first-order chi connectivity index (χ1) is 13.9. The van der Waals surface area contributed by atoms with E-state index >= 15 is 0 Å². The summed E-state index contributed by atoms with van der Waals surface area (Å²) in [4.78, 5) is 26.4. The number of aromatic nitrogens is 2. The number of benzene rings is 2. The molecule has 0 saturated carbocycles. The Morgan fingerprint density at radius 1 is 1.24 bits per heavy atom. The van der Waals surface area contributed by atoms with E-state index in [-0.39, 0.29) is 11.5 Å². The van der Waals surface area contributed by atoms with Gasteiger partial charge in [-0.25, -0.2) is 4.68 Å². The van der Waals surface area contributed by atoms with Crippen LogP contribution in [0.15, 0.2) is 51.7 Å². The number of thiophene rings is 1. The standard InChI is InChI=1S/C22H20BrN3O2S/c1-4-17(21(27)24-14-9-10-16(23)12(2)11-14)26-22(28)19-15-7-5-6-8-18(15)29-20(19)13(3)25-26/h5-11,17H,4H2,1-3H3,(H,24,27)/t17-/m1/s1. The second-order valence-corrected chi connectivity index (χ2v) is 8.92. The maximum atomic E-state index is 13.3. The number of hydrogen-bond acceptors (Lipinski definition) is 4. The molecule has 0 fully saturated rings. The first kappa shape index (κ1) is 19.8. The van der Waals surface area contributed by atoms with Crippen LogP contribution >= 0.6 is 27.3 Å². The summed E-state index contributed by atoms with van der Waals surface area (Å²) in [7, 11) is 0. The fourth-order valence-corrected chi connectivity index (χ4v) is 4.89. The third-order valence-corrected chi connectivity index (χ3v) is 7.18. The van der Waals surface area contributed by atoms with E-state index in [0.717, 1.165) is 30.5 Å². The van der Waals surface area contributed by atoms with Gasteiger partial charge in [-0.15, -0.1) is 11.3 Å². The molecule has 1 N–H and O–H groups in total. The monoisotopic (exact) mass is 469 g/mol. The molecular weight excluding hydrogens is 450 g/mol. The van der Waals surface area contributed by atoms with E-state index in [4.69, 9.17) is 0 Å². The van der Waals surface area contributed by atoms with Crippen molar-refractivity contribution < 1.29 is 4.79 Å². The molecule has 4 rings (SSSR count). The third kappa shape index (κ3) is 3.49. The normalized spacial score (nSPS) is 12.4. The molecule has 0 unspecified atom stereocenters. The maximum absolute atomic E-state index is 13.3. The first-order valence-electron chi connectivity index (χ1n) is 9.38. The van der Waals surface area contributed by atoms with Crippen molar-refractivity contribution in [1.29, 1.82) is 0 Å². The largest absolute Gasteiger partial charge is 0.324 e. The van der Waals surface area contributed by atoms with Gasteiger partial charge in [-0.1, -0.05) is 41.1 Å². The van der Waals surface area contributed by atoms with Crippen LogP contribution in [0.4, 0.5) is 5.69 Å². The molecule has 2 aromatic carbocycles. The number of carbonyl (C=O) groups excluding carboxylic acids is 1. The van der Waals surface area contributed by atoms with Crippen LogP contribution in [0.3, 0.4) is 0 Å². The van der Waals surface area contributed by atoms with Crippen molar-refractivity contribution >= 4 is 59.0 Å². The summed E-state index contributed by atoms with van der Waals surface area (Å²) >= 11 is 5.03. The lowest BCUT2D eigenvalue weighted by molar-refractivity contribution is -0.119. The molecular formula is C22H20BrN3O2S. The highest BCUT2D eigenvalue weighted by molar-refractivity contribution is 9.10. The number of hydrogen-bond donors (Lipinski definition) is 1. The smallest absolute Gasteiger partial charge is 0.276 e. The van der Waals surface area contributed by atoms with Crippen LogP contribution in [-0.2, 0) is 4.79 Å². The minimum absolute atomic E-state index is 0.225. The number of fused-ring (bicyclic) bond motifs is 3. The number of nitrogens with one attached hydrogen (secondary N) is 1. The van der Waals surface area contributed by atoms with Crippen molar-refractivity contribution in [3.05, 3.63) is 68.5 Å². The molecule has 0 saturated heterocycles. The summed E-state index contributed by atoms with van der Waals surface area (Å²) in [6.45, 7) is 5.73. The van der Waals surface area contributed by atoms with Crippen LogP contribution in [0.5, 0.6) is 0 Å². The Kier molecular flexibility index (Phi) is 5.27. The Hall–Kier alpha value is -2.51. The van der Waals surface area contributed by atoms with E-state index in [1.807, 2.05) is 63.2 Å². The van der Waals surface area contributed by atoms with E-state index in [2.05, 4.69) is 26.3 Å². The molecule has 0 spiro atoms. The zero-order valence-corrected chi connectivity index (χ0v) is 18.7. The van der Waals surface area contributed by atoms with Crippen LogP contribution in [-0.4, -0.2) is 15.7 Å². The van der Waals surface area contributed by atoms with Crippen molar-refractivity contribution in [2.45, 2.75) is 33.2 Å². The van der Waals surface area contributed by atoms with Gasteiger partial charge in [0, 0.05) is 20.2 Å². The SMILES string of the molecule is CC[C@H](C(=O)Nc1ccc(Br)c(C)c1)n1nc(C)c2sc3ccccc3c2c1=O. The molecule has 0 bridgehead atoms. The zero-order valence-electron chi connectivity index (χ0n) is 16.3. The summed E-state index contributed by atoms with van der Waals surface area (Å²) in [6, 6.07) is 12.8. The van der Waals surface area contributed by atoms with Gasteiger partial charge in [-0.2, -0.15) is 5.10 Å². The Labute approximate surface area is 180 Å². The van der Waals surface area contributed by atoms with Crippen LogP contribution in [0.1, 0.15) is 30.6 Å². The van der Waals surface area contributed by atoms with Crippen molar-refractivity contribution in [1.82, 2.24) is 9.78 Å². The summed E-state index contributed by atoms with van der Waals surface area (Å²) in [5, 5.41) is 8.99. The van der Waals surface area contributed by atoms with E-state index in [0.29, 0.717) is 17.5 Å². The molecule has 1 atom stereocenters. The van der Waals surface area contributed by atoms with Gasteiger partial charge in [0.05, 0.1) is 15.8 Å². The summed E-state index contributed by atoms with van der Waals surface area (Å²) in [5.41, 5.74) is 2.25. The molecule has 7 heteroatoms. The molecule has 0 aliphatic carbocycles. The molecule has 5 nitrogen and oxygen atoms in total. The quantitative estimate of drug-likeness (QED) is 0.424. The zero-order chi connectivity index (χ0) is 20.7. The van der Waals surface area contributed by atoms with Gasteiger partial charge in [0.1, 0.15) is 6.04 Å². The van der Waals surface area contributed by atoms with Crippen LogP contribution in [0.2, 0.25) is 0 Å². The van der Waals surface area contributed by atoms with Gasteiger partial charge < -0.3 is 5.32 Å². The lowest BCUT2D eigenvalue weighted by Gasteiger charge is -2.18. The first-order valence-corrected chi connectivity index (χ1v) is 11.0. The van der Waals surface area contributed by atoms with E-state index in [9.17, 15) is 9.59 Å². The van der Waals surface area contributed by atoms with E-state index in [1.165, 1.54) is 4.68 Å². The minimum atomic E-state index is -0.687. The number of aryl methyl sites for hydroxylation is 2. The fraction of sp³-hybridized carbons (Fsp3) is 0.227. The lowest BCUT2D eigenvalue weighted by atomic mass is 10.1. The Morgan fingerprint density at radius 2 is 2.00 bits per heavy atom. The predicted molar refractivity (Wildman–Crippen MR) is 123 cm³/mol. The van der Waals surface area contributed by atoms with Crippen molar-refractivity contribution in [2.24, 2.45) is 0 Å². The maximum Gasteiger partial charge on any atom is 0.276 e. The number of halogens is 1. The molecule has 0 radical (unpaired) electrons. The molecule has 0 aliphatic heterocycles. The Morgan fingerprint density at radius 3 is 2.72 bits per heavy atom. The van der Waals surface area contributed by atoms with E-state index in [1.54, 1.807) is 11.3 Å². The van der Waals surface area contributed by atoms with Crippen LogP contribution in [0, 0.1) is 13.8 Å². The van der Waals surface area contributed by atoms with Crippen molar-refractivity contribution in [3.63, 3.8) is 0 Å². The predicted octanol–water partition coefficient (Wildman–Crippen LogP) is 5.58. The highest BCUT2D eigenvalue weighted by Crippen LogP contribution is 2.33. The molecule has 2 heterocycles. The van der Waals surface area contributed by atoms with E-state index < -0.39 is 6.04 Å². The second-order valence-electron chi connectivity index (χ2n) is 7.01. The summed E-state index contributed by atoms with van der Waals surface area (Å²) < 4.78 is 4.25. The lowest BCUT2D eigenvalue weighted by Crippen LogP contribution is -2.35. The second kappa shape index (κ2) is 7.72. The average molecular weight is 470 g/mol. The fourth-order valence-electron chi connectivity index (χ4n) is 3.51. The van der Waals surface area contributed by atoms with Crippen LogP contribution in [0.25, 0.3) is 20.2 Å². The van der Waals surface area contributed by atoms with Crippen LogP contribution < -0.4 is 10.9 Å². The highest BCUT2D eigenvalue weighted by Gasteiger charge is 2.24. The molecule has 0 aliphatic rings. The molecule has 2 aromatic heterocycles. The summed E-state index contributed by atoms with van der Waals surface area (Å²) in [5.74, 6) is -0.248. The number of rotatable bonds is 4. The van der Waals surface area contributed by atoms with Gasteiger partial charge in [0.2, 0.25) is 5.91 Å². The van der Waals surface area contributed by atoms with Gasteiger partial charge >= 0.3 is 0 Å². The highest BCUT2D eigenvalue weighted by atomic mass is 79.9. The van der Waals surface area contributed by atoms with Gasteiger partial charge in [-0.3, -0.25) is 9.59 Å². The number of anilines is 1. The van der Waals surface area contributed by atoms with Crippen molar-refractivity contribution in [3.8, 4) is 0 Å². The molecule has 148 valence electrons. The third-order valence-electron chi connectivity index (χ3n) is 5.01. The summed E-state index contributed by atoms with van der Waals surface area (Å²) in [6.07, 6.45) is 0.460. The molecule has 29 heavy (non-hydrogen) atoms. The van der Waals surface area contributed by atoms with Gasteiger partial charge in [-0.05, 0) is 50.1 Å². The average Bonchev–Trinajstić information content (AvgIpc) is 3.09. The molecule has 1 amide bonds. The van der Waals surface area contributed by atoms with Gasteiger partial charge in [0.25, 0.3) is 5.56 Å². The molecule has 4 aromatic rings. The Balaban J connectivity index is 1.79. The minimum Gasteiger partial charge on any atom is -0.324 e. The topological polar surface area (TPSA) is 64.0 Å². The number of carbonyl (C=O) groups is 1. The number of amides is 1. The van der Waals surface area contributed by atoms with Gasteiger partial charge in [0.15, 0.2) is 0 Å². The van der Waals surface area contributed by atoms with Crippen molar-refractivity contribution in [2.75, 3.05) is 5.32 Å². The number of nitrogens with zero attached hydrogens (tertiary/aromatic N) is 2. The Bertz CT molecular complexity index is 1310.